The van der Waals surface area contributed by atoms with Crippen molar-refractivity contribution >= 4 is 34.4 Å². The van der Waals surface area contributed by atoms with E-state index >= 15 is 0 Å². The van der Waals surface area contributed by atoms with Gasteiger partial charge in [-0.3, -0.25) is 9.59 Å². The Kier molecular flexibility index (Phi) is 4.88. The topological polar surface area (TPSA) is 112 Å². The molecule has 1 aliphatic carbocycles. The van der Waals surface area contributed by atoms with Crippen molar-refractivity contribution in [2.24, 2.45) is 0 Å². The van der Waals surface area contributed by atoms with Crippen molar-refractivity contribution in [1.29, 1.82) is 0 Å². The Bertz CT molecular complexity index is 1260. The summed E-state index contributed by atoms with van der Waals surface area (Å²) in [6.07, 6.45) is 3.70. The molecule has 0 bridgehead atoms. The predicted octanol–water partition coefficient (Wildman–Crippen LogP) is 3.26. The van der Waals surface area contributed by atoms with Gasteiger partial charge in [-0.15, -0.1) is 0 Å². The van der Waals surface area contributed by atoms with Crippen molar-refractivity contribution in [3.05, 3.63) is 47.3 Å². The zero-order valence-corrected chi connectivity index (χ0v) is 17.8. The normalized spacial score (nSPS) is 15.3. The third-order valence-electron chi connectivity index (χ3n) is 5.56. The molecular formula is C23H22N4O5. The van der Waals surface area contributed by atoms with Gasteiger partial charge in [0.2, 0.25) is 0 Å². The Morgan fingerprint density at radius 2 is 2.09 bits per heavy atom. The standard InChI is InChI=1S/C23H22N4O5/c1-12(2)27-22-16(9-24-27)15(8-17(26-22)13-3-4-13)23(30)32-10-19(28)14-5-6-20-18(7-14)25-21(29)11-31-20/h5-9,12-13H,3-4,10-11H2,1-2H3,(H,25,29). The second-order valence-corrected chi connectivity index (χ2v) is 8.34. The molecule has 1 aromatic carbocycles. The number of carbonyl (C=O) groups is 3. The van der Waals surface area contributed by atoms with E-state index in [9.17, 15) is 14.4 Å². The van der Waals surface area contributed by atoms with Gasteiger partial charge in [0.15, 0.2) is 24.6 Å². The molecule has 0 saturated heterocycles. The van der Waals surface area contributed by atoms with E-state index in [-0.39, 0.29) is 24.3 Å². The van der Waals surface area contributed by atoms with Crippen LogP contribution in [0.2, 0.25) is 0 Å². The smallest absolute Gasteiger partial charge is 0.339 e. The fourth-order valence-electron chi connectivity index (χ4n) is 3.72. The summed E-state index contributed by atoms with van der Waals surface area (Å²) in [6.45, 7) is 3.52. The number of Topliss-reactive ketones (excluding diaryl/α,β-unsaturated/α-hetero) is 1. The molecule has 164 valence electrons. The zero-order valence-electron chi connectivity index (χ0n) is 17.8. The lowest BCUT2D eigenvalue weighted by molar-refractivity contribution is -0.118. The van der Waals surface area contributed by atoms with Gasteiger partial charge in [-0.25, -0.2) is 14.5 Å². The van der Waals surface area contributed by atoms with Crippen LogP contribution >= 0.6 is 0 Å². The summed E-state index contributed by atoms with van der Waals surface area (Å²) in [5, 5.41) is 7.65. The SMILES string of the molecule is CC(C)n1ncc2c(C(=O)OCC(=O)c3ccc4c(c3)NC(=O)CO4)cc(C3CC3)nc21. The first-order valence-electron chi connectivity index (χ1n) is 10.6. The van der Waals surface area contributed by atoms with Crippen molar-refractivity contribution in [3.63, 3.8) is 0 Å². The quantitative estimate of drug-likeness (QED) is 0.468. The number of nitrogens with zero attached hydrogens (tertiary/aromatic N) is 3. The van der Waals surface area contributed by atoms with Gasteiger partial charge in [0.25, 0.3) is 5.91 Å². The van der Waals surface area contributed by atoms with Crippen LogP contribution in [0.1, 0.15) is 65.1 Å². The van der Waals surface area contributed by atoms with E-state index in [2.05, 4.69) is 10.4 Å². The number of fused-ring (bicyclic) bond motifs is 2. The van der Waals surface area contributed by atoms with Gasteiger partial charge >= 0.3 is 5.97 Å². The minimum absolute atomic E-state index is 0.0610. The van der Waals surface area contributed by atoms with E-state index in [4.69, 9.17) is 14.5 Å². The van der Waals surface area contributed by atoms with E-state index < -0.39 is 12.6 Å². The summed E-state index contributed by atoms with van der Waals surface area (Å²) >= 11 is 0. The number of anilines is 1. The van der Waals surface area contributed by atoms with Crippen molar-refractivity contribution in [1.82, 2.24) is 14.8 Å². The summed E-state index contributed by atoms with van der Waals surface area (Å²) < 4.78 is 12.5. The molecule has 2 aliphatic rings. The Hall–Kier alpha value is -3.75. The highest BCUT2D eigenvalue weighted by Crippen LogP contribution is 2.40. The van der Waals surface area contributed by atoms with Crippen molar-refractivity contribution in [3.8, 4) is 5.75 Å². The fraction of sp³-hybridized carbons (Fsp3) is 0.348. The van der Waals surface area contributed by atoms with Crippen molar-refractivity contribution < 1.29 is 23.9 Å². The minimum Gasteiger partial charge on any atom is -0.482 e. The van der Waals surface area contributed by atoms with E-state index in [0.717, 1.165) is 18.5 Å². The van der Waals surface area contributed by atoms with Crippen LogP contribution in [0.4, 0.5) is 5.69 Å². The number of hydrogen-bond acceptors (Lipinski definition) is 7. The number of rotatable bonds is 6. The van der Waals surface area contributed by atoms with Crippen LogP contribution in [0.3, 0.4) is 0 Å². The highest BCUT2D eigenvalue weighted by atomic mass is 16.5. The number of nitrogens with one attached hydrogen (secondary N) is 1. The molecule has 9 heteroatoms. The second-order valence-electron chi connectivity index (χ2n) is 8.34. The molecule has 0 radical (unpaired) electrons. The molecule has 1 saturated carbocycles. The maximum atomic E-state index is 12.9. The van der Waals surface area contributed by atoms with Crippen LogP contribution in [-0.4, -0.2) is 45.6 Å². The summed E-state index contributed by atoms with van der Waals surface area (Å²) in [4.78, 5) is 41.8. The Morgan fingerprint density at radius 3 is 2.84 bits per heavy atom. The number of esters is 1. The second kappa shape index (κ2) is 7.74. The average molecular weight is 434 g/mol. The first-order valence-corrected chi connectivity index (χ1v) is 10.6. The molecule has 3 aromatic rings. The Balaban J connectivity index is 1.37. The number of aromatic nitrogens is 3. The van der Waals surface area contributed by atoms with Crippen LogP contribution < -0.4 is 10.1 Å². The average Bonchev–Trinajstić information content (AvgIpc) is 3.54. The lowest BCUT2D eigenvalue weighted by Crippen LogP contribution is -2.25. The number of amides is 1. The van der Waals surface area contributed by atoms with E-state index in [1.165, 1.54) is 6.07 Å². The largest absolute Gasteiger partial charge is 0.482 e. The van der Waals surface area contributed by atoms with E-state index in [1.54, 1.807) is 29.1 Å². The van der Waals surface area contributed by atoms with Crippen LogP contribution in [0.25, 0.3) is 11.0 Å². The van der Waals surface area contributed by atoms with Gasteiger partial charge in [0.05, 0.1) is 22.8 Å². The molecule has 1 fully saturated rings. The monoisotopic (exact) mass is 434 g/mol. The number of ether oxygens (including phenoxy) is 2. The van der Waals surface area contributed by atoms with Gasteiger partial charge in [-0.2, -0.15) is 5.10 Å². The zero-order chi connectivity index (χ0) is 22.4. The number of carbonyl (C=O) groups excluding carboxylic acids is 3. The highest BCUT2D eigenvalue weighted by Gasteiger charge is 2.29. The van der Waals surface area contributed by atoms with Gasteiger partial charge < -0.3 is 14.8 Å². The summed E-state index contributed by atoms with van der Waals surface area (Å²) in [5.41, 5.74) is 2.59. The van der Waals surface area contributed by atoms with Crippen LogP contribution in [0, 0.1) is 0 Å². The van der Waals surface area contributed by atoms with E-state index in [1.807, 2.05) is 13.8 Å². The molecule has 2 aromatic heterocycles. The predicted molar refractivity (Wildman–Crippen MR) is 115 cm³/mol. The van der Waals surface area contributed by atoms with Crippen LogP contribution in [-0.2, 0) is 9.53 Å². The summed E-state index contributed by atoms with van der Waals surface area (Å²) in [6, 6.07) is 6.55. The fourth-order valence-corrected chi connectivity index (χ4v) is 3.72. The number of pyridine rings is 1. The van der Waals surface area contributed by atoms with Crippen LogP contribution in [0.15, 0.2) is 30.5 Å². The maximum absolute atomic E-state index is 12.9. The number of ketones is 1. The molecule has 32 heavy (non-hydrogen) atoms. The van der Waals surface area contributed by atoms with Gasteiger partial charge in [0, 0.05) is 23.2 Å². The lowest BCUT2D eigenvalue weighted by atomic mass is 10.1. The first-order chi connectivity index (χ1) is 15.4. The summed E-state index contributed by atoms with van der Waals surface area (Å²) in [5.74, 6) is -0.427. The number of hydrogen-bond donors (Lipinski definition) is 1. The Labute approximate surface area is 183 Å². The molecule has 0 unspecified atom stereocenters. The Morgan fingerprint density at radius 1 is 1.28 bits per heavy atom. The van der Waals surface area contributed by atoms with Gasteiger partial charge in [0.1, 0.15) is 5.75 Å². The molecule has 0 atom stereocenters. The first kappa shape index (κ1) is 20.2. The molecule has 1 aliphatic heterocycles. The molecule has 0 spiro atoms. The number of benzene rings is 1. The van der Waals surface area contributed by atoms with Crippen molar-refractivity contribution in [2.75, 3.05) is 18.5 Å². The third-order valence-corrected chi connectivity index (χ3v) is 5.56. The highest BCUT2D eigenvalue weighted by molar-refractivity contribution is 6.05. The molecule has 5 rings (SSSR count). The minimum atomic E-state index is -0.592. The van der Waals surface area contributed by atoms with Crippen LogP contribution in [0.5, 0.6) is 5.75 Å². The molecule has 1 N–H and O–H groups in total. The molecule has 9 nitrogen and oxygen atoms in total. The molecular weight excluding hydrogens is 412 g/mol. The third kappa shape index (κ3) is 3.70. The van der Waals surface area contributed by atoms with Gasteiger partial charge in [-0.05, 0) is 51.0 Å². The molecule has 1 amide bonds. The summed E-state index contributed by atoms with van der Waals surface area (Å²) in [7, 11) is 0. The lowest BCUT2D eigenvalue weighted by Gasteiger charge is -2.18. The van der Waals surface area contributed by atoms with Crippen molar-refractivity contribution in [2.45, 2.75) is 38.6 Å². The maximum Gasteiger partial charge on any atom is 0.339 e. The van der Waals surface area contributed by atoms with Gasteiger partial charge in [-0.1, -0.05) is 0 Å². The van der Waals surface area contributed by atoms with E-state index in [0.29, 0.717) is 39.5 Å². The molecule has 3 heterocycles.